The summed E-state index contributed by atoms with van der Waals surface area (Å²) in [6.45, 7) is 1.57. The Labute approximate surface area is 99.7 Å². The van der Waals surface area contributed by atoms with Crippen molar-refractivity contribution in [2.75, 3.05) is 6.54 Å². The van der Waals surface area contributed by atoms with Gasteiger partial charge in [0.15, 0.2) is 0 Å². The second kappa shape index (κ2) is 6.06. The number of nitrogens with zero attached hydrogens (tertiary/aromatic N) is 2. The molecule has 0 aliphatic heterocycles. The molecule has 2 rings (SSSR count). The predicted octanol–water partition coefficient (Wildman–Crippen LogP) is 1.95. The van der Waals surface area contributed by atoms with E-state index < -0.39 is 0 Å². The lowest BCUT2D eigenvalue weighted by Crippen LogP contribution is -2.17. The monoisotopic (exact) mass is 231 g/mol. The second-order valence-electron chi connectivity index (χ2n) is 3.75. The molecular formula is C13H14FN3. The van der Waals surface area contributed by atoms with E-state index in [0.29, 0.717) is 0 Å². The predicted molar refractivity (Wildman–Crippen MR) is 63.8 cm³/mol. The lowest BCUT2D eigenvalue weighted by molar-refractivity contribution is 0.625. The lowest BCUT2D eigenvalue weighted by atomic mass is 10.1. The van der Waals surface area contributed by atoms with Crippen LogP contribution in [0.1, 0.15) is 11.3 Å². The number of nitrogens with one attached hydrogen (secondary N) is 1. The molecule has 0 amide bonds. The largest absolute Gasteiger partial charge is 0.311 e. The minimum atomic E-state index is -0.192. The summed E-state index contributed by atoms with van der Waals surface area (Å²) in [5.74, 6) is -0.192. The molecule has 0 saturated heterocycles. The zero-order valence-corrected chi connectivity index (χ0v) is 9.44. The summed E-state index contributed by atoms with van der Waals surface area (Å²) in [7, 11) is 0. The third-order valence-corrected chi connectivity index (χ3v) is 2.45. The summed E-state index contributed by atoms with van der Waals surface area (Å²) in [5.41, 5.74) is 2.10. The van der Waals surface area contributed by atoms with Gasteiger partial charge in [0.1, 0.15) is 12.1 Å². The first kappa shape index (κ1) is 11.7. The van der Waals surface area contributed by atoms with Crippen LogP contribution in [0.5, 0.6) is 0 Å². The summed E-state index contributed by atoms with van der Waals surface area (Å²) < 4.78 is 12.7. The van der Waals surface area contributed by atoms with Gasteiger partial charge in [0.2, 0.25) is 0 Å². The Morgan fingerprint density at radius 2 is 1.94 bits per heavy atom. The Morgan fingerprint density at radius 1 is 1.12 bits per heavy atom. The van der Waals surface area contributed by atoms with Crippen molar-refractivity contribution in [1.82, 2.24) is 15.3 Å². The molecule has 1 aromatic heterocycles. The van der Waals surface area contributed by atoms with Crippen molar-refractivity contribution in [3.63, 3.8) is 0 Å². The molecule has 0 unspecified atom stereocenters. The van der Waals surface area contributed by atoms with E-state index in [4.69, 9.17) is 0 Å². The number of hydrogen-bond donors (Lipinski definition) is 1. The first-order valence-electron chi connectivity index (χ1n) is 5.54. The van der Waals surface area contributed by atoms with Crippen molar-refractivity contribution < 1.29 is 4.39 Å². The van der Waals surface area contributed by atoms with Crippen LogP contribution >= 0.6 is 0 Å². The van der Waals surface area contributed by atoms with Crippen LogP contribution in [-0.2, 0) is 13.0 Å². The molecule has 0 radical (unpaired) electrons. The summed E-state index contributed by atoms with van der Waals surface area (Å²) in [6, 6.07) is 8.47. The van der Waals surface area contributed by atoms with Crippen molar-refractivity contribution in [2.45, 2.75) is 13.0 Å². The molecule has 0 fully saturated rings. The number of benzene rings is 1. The van der Waals surface area contributed by atoms with Gasteiger partial charge >= 0.3 is 0 Å². The van der Waals surface area contributed by atoms with E-state index in [1.165, 1.54) is 18.5 Å². The maximum absolute atomic E-state index is 12.7. The Bertz CT molecular complexity index is 442. The highest BCUT2D eigenvalue weighted by atomic mass is 19.1. The molecule has 1 N–H and O–H groups in total. The number of rotatable bonds is 5. The average Bonchev–Trinajstić information content (AvgIpc) is 2.38. The maximum Gasteiger partial charge on any atom is 0.123 e. The molecule has 0 saturated carbocycles. The maximum atomic E-state index is 12.7. The van der Waals surface area contributed by atoms with Gasteiger partial charge in [-0.25, -0.2) is 14.4 Å². The van der Waals surface area contributed by atoms with Crippen LogP contribution in [0, 0.1) is 5.82 Å². The van der Waals surface area contributed by atoms with Crippen LogP contribution in [0.4, 0.5) is 4.39 Å². The normalized spacial score (nSPS) is 10.4. The number of aromatic nitrogens is 2. The van der Waals surface area contributed by atoms with E-state index in [1.54, 1.807) is 6.20 Å². The average molecular weight is 231 g/mol. The minimum absolute atomic E-state index is 0.192. The third kappa shape index (κ3) is 3.92. The van der Waals surface area contributed by atoms with Gasteiger partial charge in [-0.2, -0.15) is 0 Å². The quantitative estimate of drug-likeness (QED) is 0.799. The summed E-state index contributed by atoms with van der Waals surface area (Å²) in [6.07, 6.45) is 4.15. The van der Waals surface area contributed by atoms with Crippen LogP contribution in [0.3, 0.4) is 0 Å². The van der Waals surface area contributed by atoms with Gasteiger partial charge in [0.25, 0.3) is 0 Å². The summed E-state index contributed by atoms with van der Waals surface area (Å²) in [4.78, 5) is 7.97. The molecule has 2 aromatic rings. The molecule has 0 aliphatic carbocycles. The summed E-state index contributed by atoms with van der Waals surface area (Å²) in [5, 5.41) is 3.28. The molecule has 0 spiro atoms. The first-order chi connectivity index (χ1) is 8.34. The van der Waals surface area contributed by atoms with E-state index in [2.05, 4.69) is 15.3 Å². The molecule has 17 heavy (non-hydrogen) atoms. The fourth-order valence-electron chi connectivity index (χ4n) is 1.52. The Balaban J connectivity index is 1.71. The fourth-order valence-corrected chi connectivity index (χ4v) is 1.52. The molecule has 1 heterocycles. The molecule has 0 atom stereocenters. The zero-order chi connectivity index (χ0) is 11.9. The van der Waals surface area contributed by atoms with Crippen molar-refractivity contribution >= 4 is 0 Å². The van der Waals surface area contributed by atoms with Gasteiger partial charge in [-0.1, -0.05) is 12.1 Å². The second-order valence-corrected chi connectivity index (χ2v) is 3.75. The van der Waals surface area contributed by atoms with E-state index in [0.717, 1.165) is 30.8 Å². The van der Waals surface area contributed by atoms with Gasteiger partial charge in [0, 0.05) is 12.7 Å². The van der Waals surface area contributed by atoms with Crippen molar-refractivity contribution in [1.29, 1.82) is 0 Å². The zero-order valence-electron chi connectivity index (χ0n) is 9.44. The topological polar surface area (TPSA) is 37.8 Å². The highest BCUT2D eigenvalue weighted by Gasteiger charge is 1.95. The van der Waals surface area contributed by atoms with Crippen LogP contribution in [0.15, 0.2) is 42.9 Å². The van der Waals surface area contributed by atoms with Gasteiger partial charge in [-0.15, -0.1) is 0 Å². The highest BCUT2D eigenvalue weighted by Crippen LogP contribution is 2.02. The van der Waals surface area contributed by atoms with Gasteiger partial charge in [-0.05, 0) is 36.7 Å². The molecule has 3 nitrogen and oxygen atoms in total. The van der Waals surface area contributed by atoms with Crippen LogP contribution < -0.4 is 5.32 Å². The van der Waals surface area contributed by atoms with Crippen LogP contribution in [0.25, 0.3) is 0 Å². The van der Waals surface area contributed by atoms with E-state index in [-0.39, 0.29) is 5.82 Å². The van der Waals surface area contributed by atoms with Crippen molar-refractivity contribution in [3.05, 3.63) is 59.9 Å². The number of halogens is 1. The Hall–Kier alpha value is -1.81. The van der Waals surface area contributed by atoms with E-state index in [1.807, 2.05) is 18.2 Å². The van der Waals surface area contributed by atoms with Crippen molar-refractivity contribution in [2.24, 2.45) is 0 Å². The SMILES string of the molecule is Fc1ccc(CCNCc2ccncn2)cc1. The third-order valence-electron chi connectivity index (χ3n) is 2.45. The summed E-state index contributed by atoms with van der Waals surface area (Å²) >= 11 is 0. The Morgan fingerprint density at radius 3 is 2.65 bits per heavy atom. The molecule has 88 valence electrons. The standard InChI is InChI=1S/C13H14FN3/c14-12-3-1-11(2-4-12)5-7-15-9-13-6-8-16-10-17-13/h1-4,6,8,10,15H,5,7,9H2. The fraction of sp³-hybridized carbons (Fsp3) is 0.231. The minimum Gasteiger partial charge on any atom is -0.311 e. The van der Waals surface area contributed by atoms with Gasteiger partial charge in [0.05, 0.1) is 5.69 Å². The van der Waals surface area contributed by atoms with Crippen molar-refractivity contribution in [3.8, 4) is 0 Å². The molecule has 1 aromatic carbocycles. The number of hydrogen-bond acceptors (Lipinski definition) is 3. The van der Waals surface area contributed by atoms with E-state index in [9.17, 15) is 4.39 Å². The first-order valence-corrected chi connectivity index (χ1v) is 5.54. The van der Waals surface area contributed by atoms with Gasteiger partial charge < -0.3 is 5.32 Å². The highest BCUT2D eigenvalue weighted by molar-refractivity contribution is 5.16. The van der Waals surface area contributed by atoms with Crippen LogP contribution in [0.2, 0.25) is 0 Å². The molecule has 4 heteroatoms. The van der Waals surface area contributed by atoms with Crippen LogP contribution in [-0.4, -0.2) is 16.5 Å². The molecule has 0 aliphatic rings. The smallest absolute Gasteiger partial charge is 0.123 e. The van der Waals surface area contributed by atoms with E-state index >= 15 is 0 Å². The van der Waals surface area contributed by atoms with Gasteiger partial charge in [-0.3, -0.25) is 0 Å². The molecule has 0 bridgehead atoms. The lowest BCUT2D eigenvalue weighted by Gasteiger charge is -2.04. The Kier molecular flexibility index (Phi) is 4.16. The molecular weight excluding hydrogens is 217 g/mol.